The molecule has 0 aromatic heterocycles. The minimum Gasteiger partial charge on any atom is -0.496 e. The van der Waals surface area contributed by atoms with Gasteiger partial charge in [-0.2, -0.15) is 0 Å². The first-order valence-electron chi connectivity index (χ1n) is 6.51. The molecule has 0 atom stereocenters. The van der Waals surface area contributed by atoms with Crippen molar-refractivity contribution in [2.24, 2.45) is 0 Å². The van der Waals surface area contributed by atoms with Gasteiger partial charge >= 0.3 is 5.97 Å². The Kier molecular flexibility index (Phi) is 6.56. The summed E-state index contributed by atoms with van der Waals surface area (Å²) in [5.41, 5.74) is 1.00. The molecule has 0 unspecified atom stereocenters. The van der Waals surface area contributed by atoms with Crippen LogP contribution < -0.4 is 4.74 Å². The van der Waals surface area contributed by atoms with E-state index in [1.165, 1.54) is 7.11 Å². The van der Waals surface area contributed by atoms with Crippen LogP contribution in [0.2, 0.25) is 0 Å². The number of para-hydroxylation sites is 1. The normalized spacial score (nSPS) is 9.95. The van der Waals surface area contributed by atoms with Gasteiger partial charge in [0.15, 0.2) is 0 Å². The highest BCUT2D eigenvalue weighted by Gasteiger charge is 2.12. The van der Waals surface area contributed by atoms with Crippen molar-refractivity contribution in [3.05, 3.63) is 29.8 Å². The molecule has 0 aliphatic carbocycles. The topological polar surface area (TPSA) is 55.8 Å². The second-order valence-corrected chi connectivity index (χ2v) is 4.45. The Balaban J connectivity index is 2.44. The van der Waals surface area contributed by atoms with Crippen LogP contribution in [-0.4, -0.2) is 44.6 Å². The summed E-state index contributed by atoms with van der Waals surface area (Å²) in [5, 5.41) is 0. The Morgan fingerprint density at radius 2 is 1.85 bits per heavy atom. The third-order valence-electron chi connectivity index (χ3n) is 3.11. The van der Waals surface area contributed by atoms with Gasteiger partial charge in [-0.05, 0) is 18.1 Å². The highest BCUT2D eigenvalue weighted by molar-refractivity contribution is 5.77. The first kappa shape index (κ1) is 16.0. The Hall–Kier alpha value is -2.04. The van der Waals surface area contributed by atoms with Gasteiger partial charge < -0.3 is 14.4 Å². The minimum atomic E-state index is -0.311. The van der Waals surface area contributed by atoms with Crippen LogP contribution in [-0.2, 0) is 20.7 Å². The maximum absolute atomic E-state index is 11.9. The third-order valence-corrected chi connectivity index (χ3v) is 3.11. The molecule has 20 heavy (non-hydrogen) atoms. The number of carbonyl (C=O) groups is 2. The number of amides is 1. The van der Waals surface area contributed by atoms with Gasteiger partial charge in [0.25, 0.3) is 0 Å². The summed E-state index contributed by atoms with van der Waals surface area (Å²) in [6.07, 6.45) is 1.22. The zero-order chi connectivity index (χ0) is 15.0. The number of hydrogen-bond donors (Lipinski definition) is 0. The summed E-state index contributed by atoms with van der Waals surface area (Å²) < 4.78 is 9.79. The van der Waals surface area contributed by atoms with Gasteiger partial charge in [-0.3, -0.25) is 9.59 Å². The molecule has 1 aromatic rings. The summed E-state index contributed by atoms with van der Waals surface area (Å²) >= 11 is 0. The lowest BCUT2D eigenvalue weighted by atomic mass is 10.1. The number of esters is 1. The lowest BCUT2D eigenvalue weighted by Crippen LogP contribution is -2.29. The molecule has 0 radical (unpaired) electrons. The van der Waals surface area contributed by atoms with Crippen molar-refractivity contribution in [1.29, 1.82) is 0 Å². The van der Waals surface area contributed by atoms with Crippen molar-refractivity contribution in [2.75, 3.05) is 27.8 Å². The lowest BCUT2D eigenvalue weighted by molar-refractivity contribution is -0.141. The van der Waals surface area contributed by atoms with E-state index in [0.717, 1.165) is 11.3 Å². The molecule has 0 aliphatic rings. The van der Waals surface area contributed by atoms with Crippen molar-refractivity contribution in [1.82, 2.24) is 4.90 Å². The van der Waals surface area contributed by atoms with Crippen molar-refractivity contribution in [3.63, 3.8) is 0 Å². The van der Waals surface area contributed by atoms with Crippen LogP contribution in [0.1, 0.15) is 18.4 Å². The maximum atomic E-state index is 11.9. The summed E-state index contributed by atoms with van der Waals surface area (Å²) in [6, 6.07) is 7.64. The molecule has 110 valence electrons. The fourth-order valence-corrected chi connectivity index (χ4v) is 1.83. The fraction of sp³-hybridized carbons (Fsp3) is 0.467. The van der Waals surface area contributed by atoms with Crippen LogP contribution >= 0.6 is 0 Å². The maximum Gasteiger partial charge on any atom is 0.307 e. The number of carbonyl (C=O) groups excluding carboxylic acids is 2. The van der Waals surface area contributed by atoms with Crippen molar-refractivity contribution < 1.29 is 19.1 Å². The number of ether oxygens (including phenoxy) is 2. The second-order valence-electron chi connectivity index (χ2n) is 4.45. The minimum absolute atomic E-state index is 0.000177. The van der Waals surface area contributed by atoms with Crippen LogP contribution in [0, 0.1) is 0 Å². The number of hydrogen-bond acceptors (Lipinski definition) is 4. The van der Waals surface area contributed by atoms with Gasteiger partial charge in [0.2, 0.25) is 5.91 Å². The molecule has 0 aliphatic heterocycles. The molecule has 0 heterocycles. The molecule has 0 saturated carbocycles. The third kappa shape index (κ3) is 4.91. The molecule has 0 fully saturated rings. The van der Waals surface area contributed by atoms with Crippen molar-refractivity contribution in [3.8, 4) is 5.75 Å². The number of nitrogens with zero attached hydrogens (tertiary/aromatic N) is 1. The van der Waals surface area contributed by atoms with Crippen molar-refractivity contribution in [2.45, 2.75) is 19.3 Å². The summed E-state index contributed by atoms with van der Waals surface area (Å²) in [7, 11) is 4.64. The first-order valence-corrected chi connectivity index (χ1v) is 6.51. The van der Waals surface area contributed by atoms with Crippen LogP contribution in [0.5, 0.6) is 5.75 Å². The summed E-state index contributed by atoms with van der Waals surface area (Å²) in [6.45, 7) is 0.372. The Morgan fingerprint density at radius 1 is 1.15 bits per heavy atom. The SMILES string of the molecule is COC(=O)CCN(C)C(=O)CCc1ccccc1OC. The van der Waals surface area contributed by atoms with Gasteiger partial charge in [0.05, 0.1) is 20.6 Å². The Bertz CT molecular complexity index is 459. The smallest absolute Gasteiger partial charge is 0.307 e. The quantitative estimate of drug-likeness (QED) is 0.712. The molecular weight excluding hydrogens is 258 g/mol. The molecule has 0 spiro atoms. The van der Waals surface area contributed by atoms with E-state index in [9.17, 15) is 9.59 Å². The molecule has 0 saturated heterocycles. The molecule has 5 heteroatoms. The average Bonchev–Trinajstić information content (AvgIpc) is 2.49. The van der Waals surface area contributed by atoms with Gasteiger partial charge in [-0.1, -0.05) is 18.2 Å². The monoisotopic (exact) mass is 279 g/mol. The van der Waals surface area contributed by atoms with E-state index in [0.29, 0.717) is 19.4 Å². The number of methoxy groups -OCH3 is 2. The molecule has 5 nitrogen and oxygen atoms in total. The summed E-state index contributed by atoms with van der Waals surface area (Å²) in [5.74, 6) is 0.478. The second kappa shape index (κ2) is 8.19. The van der Waals surface area contributed by atoms with E-state index in [2.05, 4.69) is 4.74 Å². The molecule has 0 bridgehead atoms. The van der Waals surface area contributed by atoms with Crippen LogP contribution in [0.15, 0.2) is 24.3 Å². The van der Waals surface area contributed by atoms with E-state index >= 15 is 0 Å². The van der Waals surface area contributed by atoms with E-state index in [1.807, 2.05) is 24.3 Å². The standard InChI is InChI=1S/C15H21NO4/c1-16(11-10-15(18)20-3)14(17)9-8-12-6-4-5-7-13(12)19-2/h4-7H,8-11H2,1-3H3. The zero-order valence-electron chi connectivity index (χ0n) is 12.2. The molecule has 1 aromatic carbocycles. The van der Waals surface area contributed by atoms with Gasteiger partial charge in [-0.15, -0.1) is 0 Å². The molecule has 1 rings (SSSR count). The molecule has 0 N–H and O–H groups in total. The highest BCUT2D eigenvalue weighted by Crippen LogP contribution is 2.19. The molecular formula is C15H21NO4. The first-order chi connectivity index (χ1) is 9.58. The average molecular weight is 279 g/mol. The Labute approximate surface area is 119 Å². The Morgan fingerprint density at radius 3 is 2.50 bits per heavy atom. The summed E-state index contributed by atoms with van der Waals surface area (Å²) in [4.78, 5) is 24.5. The largest absolute Gasteiger partial charge is 0.496 e. The van der Waals surface area contributed by atoms with Crippen LogP contribution in [0.25, 0.3) is 0 Å². The van der Waals surface area contributed by atoms with Gasteiger partial charge in [-0.25, -0.2) is 0 Å². The van der Waals surface area contributed by atoms with Crippen LogP contribution in [0.3, 0.4) is 0 Å². The van der Waals surface area contributed by atoms with E-state index in [1.54, 1.807) is 19.1 Å². The number of rotatable bonds is 7. The van der Waals surface area contributed by atoms with E-state index < -0.39 is 0 Å². The predicted octanol–water partition coefficient (Wildman–Crippen LogP) is 1.65. The highest BCUT2D eigenvalue weighted by atomic mass is 16.5. The van der Waals surface area contributed by atoms with E-state index in [-0.39, 0.29) is 18.3 Å². The number of aryl methyl sites for hydroxylation is 1. The predicted molar refractivity (Wildman–Crippen MR) is 75.6 cm³/mol. The lowest BCUT2D eigenvalue weighted by Gasteiger charge is -2.16. The number of benzene rings is 1. The van der Waals surface area contributed by atoms with Crippen molar-refractivity contribution >= 4 is 11.9 Å². The van der Waals surface area contributed by atoms with Gasteiger partial charge in [0.1, 0.15) is 5.75 Å². The van der Waals surface area contributed by atoms with E-state index in [4.69, 9.17) is 4.74 Å². The molecule has 1 amide bonds. The van der Waals surface area contributed by atoms with Gasteiger partial charge in [0, 0.05) is 20.0 Å². The fourth-order valence-electron chi connectivity index (χ4n) is 1.83. The zero-order valence-corrected chi connectivity index (χ0v) is 12.2. The van der Waals surface area contributed by atoms with Crippen LogP contribution in [0.4, 0.5) is 0 Å².